The quantitative estimate of drug-likeness (QED) is 0.182. The molecule has 1 aliphatic carbocycles. The molecule has 5 amide bonds. The predicted molar refractivity (Wildman–Crippen MR) is 170 cm³/mol. The molecule has 2 N–H and O–H groups in total. The van der Waals surface area contributed by atoms with Gasteiger partial charge in [0.25, 0.3) is 11.8 Å². The van der Waals surface area contributed by atoms with Crippen LogP contribution < -0.4 is 10.6 Å². The Balaban J connectivity index is 0.857. The summed E-state index contributed by atoms with van der Waals surface area (Å²) in [6.07, 6.45) is 6.76. The number of nitrogens with one attached hydrogen (secondary N) is 2. The molecule has 1 unspecified atom stereocenters. The fourth-order valence-electron chi connectivity index (χ4n) is 6.61. The van der Waals surface area contributed by atoms with E-state index in [-0.39, 0.29) is 36.5 Å². The van der Waals surface area contributed by atoms with Crippen LogP contribution in [0.1, 0.15) is 65.7 Å². The van der Waals surface area contributed by atoms with Gasteiger partial charge < -0.3 is 29.2 Å². The second-order valence-electron chi connectivity index (χ2n) is 12.2. The molecule has 47 heavy (non-hydrogen) atoms. The summed E-state index contributed by atoms with van der Waals surface area (Å²) in [5.74, 6) is -2.11. The van der Waals surface area contributed by atoms with Crippen molar-refractivity contribution < 1.29 is 42.9 Å². The predicted octanol–water partition coefficient (Wildman–Crippen LogP) is 1.04. The number of benzene rings is 1. The smallest absolute Gasteiger partial charge is 0.264 e. The minimum Gasteiger partial charge on any atom is -0.382 e. The van der Waals surface area contributed by atoms with Gasteiger partial charge in [-0.2, -0.15) is 0 Å². The highest BCUT2D eigenvalue weighted by atomic mass is 16.6. The molecule has 3 fully saturated rings. The Morgan fingerprint density at radius 3 is 2.13 bits per heavy atom. The van der Waals surface area contributed by atoms with E-state index in [0.717, 1.165) is 31.1 Å². The molecule has 0 spiro atoms. The molecule has 14 heteroatoms. The molecule has 0 aromatic heterocycles. The lowest BCUT2D eigenvalue weighted by Gasteiger charge is -2.40. The minimum absolute atomic E-state index is 0.0412. The second kappa shape index (κ2) is 17.6. The highest BCUT2D eigenvalue weighted by molar-refractivity contribution is 6.25. The first kappa shape index (κ1) is 34.9. The fraction of sp³-hybridized carbons (Fsp3) is 0.667. The summed E-state index contributed by atoms with van der Waals surface area (Å²) in [7, 11) is 0. The van der Waals surface area contributed by atoms with E-state index in [1.54, 1.807) is 18.2 Å². The molecule has 1 atom stereocenters. The van der Waals surface area contributed by atoms with Gasteiger partial charge >= 0.3 is 0 Å². The van der Waals surface area contributed by atoms with E-state index in [9.17, 15) is 24.0 Å². The molecule has 3 heterocycles. The zero-order valence-corrected chi connectivity index (χ0v) is 27.0. The van der Waals surface area contributed by atoms with Crippen LogP contribution in [0.3, 0.4) is 0 Å². The van der Waals surface area contributed by atoms with Gasteiger partial charge in [0.1, 0.15) is 12.6 Å². The molecule has 1 aromatic carbocycles. The van der Waals surface area contributed by atoms with Crippen molar-refractivity contribution >= 4 is 35.2 Å². The molecule has 4 aliphatic rings. The van der Waals surface area contributed by atoms with Gasteiger partial charge in [0.15, 0.2) is 0 Å². The van der Waals surface area contributed by atoms with Crippen molar-refractivity contribution in [3.8, 4) is 0 Å². The number of amides is 5. The first-order chi connectivity index (χ1) is 22.9. The molecule has 2 saturated heterocycles. The zero-order valence-electron chi connectivity index (χ0n) is 27.0. The van der Waals surface area contributed by atoms with E-state index in [1.165, 1.54) is 32.1 Å². The van der Waals surface area contributed by atoms with E-state index in [2.05, 4.69) is 15.5 Å². The van der Waals surface area contributed by atoms with Gasteiger partial charge in [-0.05, 0) is 31.4 Å². The van der Waals surface area contributed by atoms with Gasteiger partial charge in [-0.3, -0.25) is 39.1 Å². The molecule has 0 bridgehead atoms. The average molecular weight is 658 g/mol. The minimum atomic E-state index is -1.01. The lowest BCUT2D eigenvalue weighted by Crippen LogP contribution is -2.54. The van der Waals surface area contributed by atoms with Crippen molar-refractivity contribution in [3.63, 3.8) is 0 Å². The Morgan fingerprint density at radius 2 is 1.45 bits per heavy atom. The fourth-order valence-corrected chi connectivity index (χ4v) is 6.61. The Hall–Kier alpha value is -3.43. The van der Waals surface area contributed by atoms with Gasteiger partial charge in [0, 0.05) is 50.9 Å². The van der Waals surface area contributed by atoms with Crippen LogP contribution in [0.25, 0.3) is 0 Å². The van der Waals surface area contributed by atoms with Crippen LogP contribution in [0.4, 0.5) is 5.69 Å². The van der Waals surface area contributed by atoms with Crippen molar-refractivity contribution in [2.45, 2.75) is 57.0 Å². The van der Waals surface area contributed by atoms with Crippen LogP contribution in [-0.4, -0.2) is 142 Å². The standard InChI is InChI=1S/C33H47N5O9/c39-28-10-9-27(31(41)35-28)38-32(42)25-7-4-8-26(30(25)33(38)43)34-11-16-44-17-18-45-19-20-46-21-22-47-23-29(40)37-14-12-36(13-15-37)24-5-2-1-3-6-24/h4,7-8,24,27,34H,1-3,5-6,9-23H2,(H,35,39,41). The maximum absolute atomic E-state index is 13.1. The number of ether oxygens (including phenoxy) is 4. The molecule has 0 radical (unpaired) electrons. The lowest BCUT2D eigenvalue weighted by atomic mass is 9.94. The molecular weight excluding hydrogens is 610 g/mol. The number of carbonyl (C=O) groups excluding carboxylic acids is 5. The maximum atomic E-state index is 13.1. The monoisotopic (exact) mass is 657 g/mol. The Morgan fingerprint density at radius 1 is 0.787 bits per heavy atom. The third-order valence-electron chi connectivity index (χ3n) is 9.13. The van der Waals surface area contributed by atoms with E-state index in [1.807, 2.05) is 4.90 Å². The number of hydrogen-bond acceptors (Lipinski definition) is 11. The van der Waals surface area contributed by atoms with Gasteiger partial charge in [-0.15, -0.1) is 0 Å². The third kappa shape index (κ3) is 9.35. The topological polar surface area (TPSA) is 156 Å². The lowest BCUT2D eigenvalue weighted by molar-refractivity contribution is -0.139. The number of piperidine rings is 1. The second-order valence-corrected chi connectivity index (χ2v) is 12.2. The summed E-state index contributed by atoms with van der Waals surface area (Å²) < 4.78 is 22.2. The van der Waals surface area contributed by atoms with Crippen molar-refractivity contribution in [1.29, 1.82) is 0 Å². The van der Waals surface area contributed by atoms with Gasteiger partial charge in [-0.25, -0.2) is 0 Å². The molecular formula is C33H47N5O9. The molecule has 258 valence electrons. The molecule has 3 aliphatic heterocycles. The van der Waals surface area contributed by atoms with E-state index in [4.69, 9.17) is 18.9 Å². The van der Waals surface area contributed by atoms with Crippen LogP contribution in [0.5, 0.6) is 0 Å². The number of piperazine rings is 1. The maximum Gasteiger partial charge on any atom is 0.264 e. The SMILES string of the molecule is O=C1CCC(N2C(=O)c3cccc(NCCOCCOCCOCCOCC(=O)N4CCN(C5CCCCC5)CC4)c3C2=O)C(=O)N1. The van der Waals surface area contributed by atoms with Crippen molar-refractivity contribution in [2.75, 3.05) is 90.9 Å². The van der Waals surface area contributed by atoms with Crippen LogP contribution in [0.2, 0.25) is 0 Å². The van der Waals surface area contributed by atoms with Crippen molar-refractivity contribution in [3.05, 3.63) is 29.3 Å². The van der Waals surface area contributed by atoms with E-state index >= 15 is 0 Å². The van der Waals surface area contributed by atoms with Crippen molar-refractivity contribution in [2.24, 2.45) is 0 Å². The molecule has 1 saturated carbocycles. The first-order valence-corrected chi connectivity index (χ1v) is 16.9. The Bertz CT molecular complexity index is 1260. The summed E-state index contributed by atoms with van der Waals surface area (Å²) in [6.45, 7) is 6.58. The zero-order chi connectivity index (χ0) is 33.0. The van der Waals surface area contributed by atoms with Gasteiger partial charge in [-0.1, -0.05) is 25.3 Å². The van der Waals surface area contributed by atoms with Gasteiger partial charge in [0.05, 0.1) is 57.4 Å². The van der Waals surface area contributed by atoms with Gasteiger partial charge in [0.2, 0.25) is 17.7 Å². The third-order valence-corrected chi connectivity index (χ3v) is 9.13. The number of rotatable bonds is 17. The molecule has 1 aromatic rings. The average Bonchev–Trinajstić information content (AvgIpc) is 3.34. The summed E-state index contributed by atoms with van der Waals surface area (Å²) in [6, 6.07) is 4.61. The summed E-state index contributed by atoms with van der Waals surface area (Å²) >= 11 is 0. The normalized spacial score (nSPS) is 20.9. The van der Waals surface area contributed by atoms with Crippen LogP contribution in [0, 0.1) is 0 Å². The molecule has 14 nitrogen and oxygen atoms in total. The van der Waals surface area contributed by atoms with E-state index < -0.39 is 29.7 Å². The Kier molecular flexibility index (Phi) is 13.1. The Labute approximate surface area is 275 Å². The summed E-state index contributed by atoms with van der Waals surface area (Å²) in [5.41, 5.74) is 0.916. The van der Waals surface area contributed by atoms with Crippen LogP contribution >= 0.6 is 0 Å². The largest absolute Gasteiger partial charge is 0.382 e. The number of anilines is 1. The number of fused-ring (bicyclic) bond motifs is 1. The van der Waals surface area contributed by atoms with Crippen LogP contribution in [0.15, 0.2) is 18.2 Å². The van der Waals surface area contributed by atoms with Crippen LogP contribution in [-0.2, 0) is 33.3 Å². The van der Waals surface area contributed by atoms with E-state index in [0.29, 0.717) is 64.5 Å². The van der Waals surface area contributed by atoms with Crippen molar-refractivity contribution in [1.82, 2.24) is 20.0 Å². The first-order valence-electron chi connectivity index (χ1n) is 16.9. The highest BCUT2D eigenvalue weighted by Crippen LogP contribution is 2.32. The highest BCUT2D eigenvalue weighted by Gasteiger charge is 2.45. The summed E-state index contributed by atoms with van der Waals surface area (Å²) in [4.78, 5) is 67.7. The number of carbonyl (C=O) groups is 5. The number of hydrogen-bond donors (Lipinski definition) is 2. The number of imide groups is 2. The number of nitrogens with zero attached hydrogens (tertiary/aromatic N) is 3. The molecule has 5 rings (SSSR count). The summed E-state index contributed by atoms with van der Waals surface area (Å²) in [5, 5.41) is 5.33.